The number of fused-ring (bicyclic) bond motifs is 1. The molecule has 3 N–H and O–H groups in total. The SMILES string of the molecule is CCc1nc(Nc2ccc(N3CCNCC3)cc2)nc2c1cc(-c1ccn[nH]1)c(=O)n2C1CCCC1. The highest BCUT2D eigenvalue weighted by Gasteiger charge is 2.24. The summed E-state index contributed by atoms with van der Waals surface area (Å²) in [5.74, 6) is 0.523. The third-order valence-electron chi connectivity index (χ3n) is 7.39. The van der Waals surface area contributed by atoms with Crippen LogP contribution in [0, 0.1) is 0 Å². The van der Waals surface area contributed by atoms with E-state index in [0.29, 0.717) is 17.2 Å². The Bertz CT molecular complexity index is 1400. The molecule has 2 aliphatic rings. The van der Waals surface area contributed by atoms with Gasteiger partial charge in [0.25, 0.3) is 5.56 Å². The third kappa shape index (κ3) is 4.24. The standard InChI is InChI=1S/C27H32N8O/c1-2-23-21-17-22(24-11-12-29-33-24)26(36)35(20-5-3-4-6-20)25(21)32-27(31-23)30-18-7-9-19(10-8-18)34-15-13-28-14-16-34/h7-12,17,20,28H,2-6,13-16H2,1H3,(H,29,33)(H,30,31,32). The molecule has 3 aromatic heterocycles. The Balaban J connectivity index is 1.41. The molecule has 1 saturated carbocycles. The van der Waals surface area contributed by atoms with Crippen molar-refractivity contribution in [2.75, 3.05) is 36.4 Å². The topological polar surface area (TPSA) is 104 Å². The summed E-state index contributed by atoms with van der Waals surface area (Å²) in [6, 6.07) is 12.3. The Morgan fingerprint density at radius 2 is 1.83 bits per heavy atom. The third-order valence-corrected chi connectivity index (χ3v) is 7.39. The maximum Gasteiger partial charge on any atom is 0.261 e. The molecule has 1 saturated heterocycles. The van der Waals surface area contributed by atoms with Gasteiger partial charge in [-0.05, 0) is 55.7 Å². The number of hydrogen-bond acceptors (Lipinski definition) is 7. The molecule has 1 aliphatic heterocycles. The molecule has 0 unspecified atom stereocenters. The average molecular weight is 485 g/mol. The fraction of sp³-hybridized carbons (Fsp3) is 0.407. The lowest BCUT2D eigenvalue weighted by Gasteiger charge is -2.29. The first kappa shape index (κ1) is 22.7. The van der Waals surface area contributed by atoms with Gasteiger partial charge in [-0.2, -0.15) is 10.1 Å². The number of rotatable bonds is 6. The summed E-state index contributed by atoms with van der Waals surface area (Å²) in [7, 11) is 0. The van der Waals surface area contributed by atoms with Gasteiger partial charge in [-0.1, -0.05) is 19.8 Å². The first-order valence-electron chi connectivity index (χ1n) is 13.0. The normalized spacial score (nSPS) is 16.6. The van der Waals surface area contributed by atoms with Crippen LogP contribution in [0.25, 0.3) is 22.3 Å². The van der Waals surface area contributed by atoms with Crippen molar-refractivity contribution in [3.8, 4) is 11.3 Å². The molecule has 1 aromatic carbocycles. The molecule has 4 heterocycles. The highest BCUT2D eigenvalue weighted by Crippen LogP contribution is 2.33. The minimum atomic E-state index is -0.0225. The van der Waals surface area contributed by atoms with Crippen molar-refractivity contribution in [3.05, 3.63) is 58.6 Å². The highest BCUT2D eigenvalue weighted by atomic mass is 16.1. The van der Waals surface area contributed by atoms with E-state index in [0.717, 1.165) is 80.7 Å². The summed E-state index contributed by atoms with van der Waals surface area (Å²) >= 11 is 0. The van der Waals surface area contributed by atoms with E-state index in [1.807, 2.05) is 16.7 Å². The number of aromatic amines is 1. The number of aromatic nitrogens is 5. The molecular weight excluding hydrogens is 452 g/mol. The molecule has 36 heavy (non-hydrogen) atoms. The van der Waals surface area contributed by atoms with E-state index in [1.54, 1.807) is 6.20 Å². The van der Waals surface area contributed by atoms with Crippen LogP contribution < -0.4 is 21.1 Å². The van der Waals surface area contributed by atoms with Crippen molar-refractivity contribution in [2.45, 2.75) is 45.1 Å². The number of nitrogens with one attached hydrogen (secondary N) is 3. The summed E-state index contributed by atoms with van der Waals surface area (Å²) < 4.78 is 1.91. The molecular formula is C27H32N8O. The van der Waals surface area contributed by atoms with E-state index < -0.39 is 0 Å². The van der Waals surface area contributed by atoms with Crippen LogP contribution in [0.2, 0.25) is 0 Å². The lowest BCUT2D eigenvalue weighted by molar-refractivity contribution is 0.516. The number of pyridine rings is 1. The van der Waals surface area contributed by atoms with Gasteiger partial charge < -0.3 is 15.5 Å². The number of benzene rings is 1. The lowest BCUT2D eigenvalue weighted by atomic mass is 10.1. The Labute approximate surface area is 210 Å². The van der Waals surface area contributed by atoms with E-state index >= 15 is 0 Å². The van der Waals surface area contributed by atoms with Crippen LogP contribution in [-0.4, -0.2) is 50.9 Å². The van der Waals surface area contributed by atoms with Crippen molar-refractivity contribution < 1.29 is 0 Å². The Kier molecular flexibility index (Phi) is 6.14. The van der Waals surface area contributed by atoms with Crippen LogP contribution in [0.3, 0.4) is 0 Å². The predicted molar refractivity (Wildman–Crippen MR) is 143 cm³/mol. The minimum absolute atomic E-state index is 0.0225. The quantitative estimate of drug-likeness (QED) is 0.380. The number of piperazine rings is 1. The average Bonchev–Trinajstić information content (AvgIpc) is 3.64. The molecule has 186 valence electrons. The van der Waals surface area contributed by atoms with Crippen LogP contribution in [-0.2, 0) is 6.42 Å². The van der Waals surface area contributed by atoms with Gasteiger partial charge in [0.2, 0.25) is 5.95 Å². The summed E-state index contributed by atoms with van der Waals surface area (Å²) in [4.78, 5) is 25.9. The zero-order chi connectivity index (χ0) is 24.5. The predicted octanol–water partition coefficient (Wildman–Crippen LogP) is 4.01. The van der Waals surface area contributed by atoms with E-state index in [-0.39, 0.29) is 11.6 Å². The zero-order valence-corrected chi connectivity index (χ0v) is 20.6. The van der Waals surface area contributed by atoms with Crippen molar-refractivity contribution in [3.63, 3.8) is 0 Å². The van der Waals surface area contributed by atoms with Gasteiger partial charge in [-0.15, -0.1) is 0 Å². The number of aryl methyl sites for hydroxylation is 1. The summed E-state index contributed by atoms with van der Waals surface area (Å²) in [6.07, 6.45) is 6.65. The number of hydrogen-bond donors (Lipinski definition) is 3. The Morgan fingerprint density at radius 3 is 2.53 bits per heavy atom. The molecule has 4 aromatic rings. The molecule has 2 fully saturated rings. The highest BCUT2D eigenvalue weighted by molar-refractivity contribution is 5.84. The molecule has 9 nitrogen and oxygen atoms in total. The van der Waals surface area contributed by atoms with Gasteiger partial charge in [-0.25, -0.2) is 4.98 Å². The van der Waals surface area contributed by atoms with Crippen LogP contribution in [0.5, 0.6) is 0 Å². The molecule has 0 bridgehead atoms. The summed E-state index contributed by atoms with van der Waals surface area (Å²) in [6.45, 7) is 6.14. The van der Waals surface area contributed by atoms with Gasteiger partial charge >= 0.3 is 0 Å². The van der Waals surface area contributed by atoms with Crippen molar-refractivity contribution >= 4 is 28.4 Å². The molecule has 0 radical (unpaired) electrons. The van der Waals surface area contributed by atoms with E-state index in [9.17, 15) is 4.79 Å². The van der Waals surface area contributed by atoms with Gasteiger partial charge in [0.15, 0.2) is 0 Å². The van der Waals surface area contributed by atoms with Gasteiger partial charge in [0.1, 0.15) is 5.65 Å². The molecule has 0 amide bonds. The summed E-state index contributed by atoms with van der Waals surface area (Å²) in [5, 5.41) is 14.7. The number of nitrogens with zero attached hydrogens (tertiary/aromatic N) is 5. The lowest BCUT2D eigenvalue weighted by Crippen LogP contribution is -2.43. The summed E-state index contributed by atoms with van der Waals surface area (Å²) in [5.41, 5.74) is 5.10. The molecule has 0 spiro atoms. The number of H-pyrrole nitrogens is 1. The smallest absolute Gasteiger partial charge is 0.261 e. The van der Waals surface area contributed by atoms with Crippen LogP contribution in [0.4, 0.5) is 17.3 Å². The zero-order valence-electron chi connectivity index (χ0n) is 20.6. The van der Waals surface area contributed by atoms with E-state index in [4.69, 9.17) is 9.97 Å². The van der Waals surface area contributed by atoms with E-state index in [2.05, 4.69) is 56.9 Å². The second-order valence-corrected chi connectivity index (χ2v) is 9.64. The largest absolute Gasteiger partial charge is 0.369 e. The first-order valence-corrected chi connectivity index (χ1v) is 13.0. The van der Waals surface area contributed by atoms with Gasteiger partial charge in [-0.3, -0.25) is 14.5 Å². The Hall–Kier alpha value is -3.72. The monoisotopic (exact) mass is 484 g/mol. The van der Waals surface area contributed by atoms with Crippen LogP contribution >= 0.6 is 0 Å². The fourth-order valence-electron chi connectivity index (χ4n) is 5.50. The maximum atomic E-state index is 13.8. The van der Waals surface area contributed by atoms with Crippen LogP contribution in [0.15, 0.2) is 47.4 Å². The minimum Gasteiger partial charge on any atom is -0.369 e. The Morgan fingerprint density at radius 1 is 1.06 bits per heavy atom. The second kappa shape index (κ2) is 9.73. The molecule has 9 heteroatoms. The van der Waals surface area contributed by atoms with Crippen molar-refractivity contribution in [1.29, 1.82) is 0 Å². The van der Waals surface area contributed by atoms with Crippen molar-refractivity contribution in [2.24, 2.45) is 0 Å². The fourth-order valence-corrected chi connectivity index (χ4v) is 5.50. The second-order valence-electron chi connectivity index (χ2n) is 9.64. The van der Waals surface area contributed by atoms with Gasteiger partial charge in [0.05, 0.1) is 17.0 Å². The number of anilines is 3. The van der Waals surface area contributed by atoms with Gasteiger partial charge in [0, 0.05) is 55.2 Å². The molecule has 1 aliphatic carbocycles. The van der Waals surface area contributed by atoms with Crippen molar-refractivity contribution in [1.82, 2.24) is 30.0 Å². The molecule has 6 rings (SSSR count). The van der Waals surface area contributed by atoms with Crippen LogP contribution in [0.1, 0.15) is 44.3 Å². The molecule has 0 atom stereocenters. The maximum absolute atomic E-state index is 13.8. The van der Waals surface area contributed by atoms with E-state index in [1.165, 1.54) is 5.69 Å². The first-order chi connectivity index (χ1) is 17.7.